The summed E-state index contributed by atoms with van der Waals surface area (Å²) in [7, 11) is -2.29. The number of likely N-dealkylation sites (tertiary alicyclic amines) is 1. The van der Waals surface area contributed by atoms with E-state index in [0.29, 0.717) is 19.4 Å². The Morgan fingerprint density at radius 2 is 2.30 bits per heavy atom. The van der Waals surface area contributed by atoms with Crippen molar-refractivity contribution in [3.63, 3.8) is 0 Å². The van der Waals surface area contributed by atoms with Crippen LogP contribution in [0, 0.1) is 10.1 Å². The molecule has 126 valence electrons. The molecular formula is C12H17N5O5S. The molecule has 23 heavy (non-hydrogen) atoms. The molecule has 1 aliphatic rings. The first-order valence-corrected chi connectivity index (χ1v) is 8.58. The Balaban J connectivity index is 2.38. The Kier molecular flexibility index (Phi) is 4.80. The molecule has 1 saturated heterocycles. The molecule has 0 aromatic carbocycles. The number of nitrogens with one attached hydrogen (secondary N) is 1. The van der Waals surface area contributed by atoms with E-state index in [0.717, 1.165) is 0 Å². The third-order valence-corrected chi connectivity index (χ3v) is 4.49. The molecule has 2 heterocycles. The minimum absolute atomic E-state index is 0.0250. The van der Waals surface area contributed by atoms with Crippen molar-refractivity contribution in [2.24, 2.45) is 5.14 Å². The summed E-state index contributed by atoms with van der Waals surface area (Å²) in [5.41, 5.74) is -0.558. The molecule has 1 aromatic heterocycles. The van der Waals surface area contributed by atoms with E-state index >= 15 is 0 Å². The molecule has 1 aromatic rings. The number of carbonyl (C=O) groups excluding carboxylic acids is 1. The van der Waals surface area contributed by atoms with Gasteiger partial charge in [0.1, 0.15) is 5.56 Å². The van der Waals surface area contributed by atoms with Gasteiger partial charge in [0.2, 0.25) is 15.8 Å². The molecule has 1 aliphatic heterocycles. The average Bonchev–Trinajstić information content (AvgIpc) is 2.91. The number of amides is 1. The van der Waals surface area contributed by atoms with E-state index < -0.39 is 32.6 Å². The second kappa shape index (κ2) is 6.46. The maximum atomic E-state index is 12.7. The smallest absolute Gasteiger partial charge is 0.324 e. The number of nitrogens with two attached hydrogens (primary N) is 1. The van der Waals surface area contributed by atoms with Crippen LogP contribution >= 0.6 is 0 Å². The minimum atomic E-state index is -3.75. The van der Waals surface area contributed by atoms with Gasteiger partial charge in [0.05, 0.1) is 10.7 Å². The Bertz CT molecular complexity index is 735. The zero-order valence-electron chi connectivity index (χ0n) is 12.4. The van der Waals surface area contributed by atoms with Crippen LogP contribution in [0.3, 0.4) is 0 Å². The van der Waals surface area contributed by atoms with Crippen molar-refractivity contribution >= 4 is 27.4 Å². The fourth-order valence-corrected chi connectivity index (χ4v) is 3.58. The third-order valence-electron chi connectivity index (χ3n) is 3.64. The largest absolute Gasteiger partial charge is 0.367 e. The Hall–Kier alpha value is -2.27. The highest BCUT2D eigenvalue weighted by Gasteiger charge is 2.35. The molecule has 1 amide bonds. The Labute approximate surface area is 132 Å². The van der Waals surface area contributed by atoms with Crippen LogP contribution < -0.4 is 10.5 Å². The summed E-state index contributed by atoms with van der Waals surface area (Å²) < 4.78 is 22.6. The van der Waals surface area contributed by atoms with Gasteiger partial charge in [0.15, 0.2) is 0 Å². The van der Waals surface area contributed by atoms with E-state index in [1.807, 2.05) is 0 Å². The first-order valence-electron chi connectivity index (χ1n) is 6.87. The topological polar surface area (TPSA) is 149 Å². The van der Waals surface area contributed by atoms with Crippen LogP contribution in [0.25, 0.3) is 0 Å². The van der Waals surface area contributed by atoms with Gasteiger partial charge in [0, 0.05) is 25.8 Å². The molecule has 1 unspecified atom stereocenters. The van der Waals surface area contributed by atoms with Gasteiger partial charge in [-0.05, 0) is 18.9 Å². The number of nitrogens with zero attached hydrogens (tertiary/aromatic N) is 3. The second-order valence-electron chi connectivity index (χ2n) is 5.19. The van der Waals surface area contributed by atoms with E-state index in [9.17, 15) is 23.3 Å². The van der Waals surface area contributed by atoms with Gasteiger partial charge in [-0.2, -0.15) is 0 Å². The summed E-state index contributed by atoms with van der Waals surface area (Å²) in [5.74, 6) is -0.985. The van der Waals surface area contributed by atoms with Gasteiger partial charge in [0.25, 0.3) is 5.91 Å². The summed E-state index contributed by atoms with van der Waals surface area (Å²) in [5, 5.41) is 18.9. The number of hydrogen-bond acceptors (Lipinski definition) is 7. The van der Waals surface area contributed by atoms with Crippen molar-refractivity contribution in [3.8, 4) is 0 Å². The molecule has 2 rings (SSSR count). The average molecular weight is 343 g/mol. The van der Waals surface area contributed by atoms with E-state index in [1.54, 1.807) is 0 Å². The lowest BCUT2D eigenvalue weighted by molar-refractivity contribution is -0.384. The van der Waals surface area contributed by atoms with Crippen molar-refractivity contribution in [1.29, 1.82) is 0 Å². The number of carbonyl (C=O) groups is 1. The van der Waals surface area contributed by atoms with Crippen molar-refractivity contribution in [2.75, 3.05) is 24.7 Å². The van der Waals surface area contributed by atoms with Crippen molar-refractivity contribution < 1.29 is 18.1 Å². The van der Waals surface area contributed by atoms with Crippen molar-refractivity contribution in [2.45, 2.75) is 18.9 Å². The Morgan fingerprint density at radius 1 is 1.61 bits per heavy atom. The van der Waals surface area contributed by atoms with Crippen LogP contribution in [0.1, 0.15) is 23.2 Å². The van der Waals surface area contributed by atoms with E-state index in [4.69, 9.17) is 5.14 Å². The second-order valence-corrected chi connectivity index (χ2v) is 6.85. The fraction of sp³-hybridized carbons (Fsp3) is 0.500. The highest BCUT2D eigenvalue weighted by atomic mass is 32.2. The molecule has 1 fully saturated rings. The molecule has 0 bridgehead atoms. The molecule has 0 aliphatic carbocycles. The summed E-state index contributed by atoms with van der Waals surface area (Å²) in [6, 6.07) is 0.677. The zero-order chi connectivity index (χ0) is 17.2. The molecule has 3 N–H and O–H groups in total. The molecule has 0 spiro atoms. The standard InChI is InChI=1S/C12H17N5O5S/c1-14-11-10(17(19)20)9(4-5-15-11)12(18)16-6-2-3-8(16)7-23(13,21)22/h4-5,8H,2-3,6-7H2,1H3,(H,14,15)(H2,13,21,22). The monoisotopic (exact) mass is 343 g/mol. The first-order chi connectivity index (χ1) is 10.7. The lowest BCUT2D eigenvalue weighted by Gasteiger charge is -2.24. The third kappa shape index (κ3) is 3.74. The maximum absolute atomic E-state index is 12.7. The van der Waals surface area contributed by atoms with Crippen LogP contribution in [0.5, 0.6) is 0 Å². The normalized spacial score (nSPS) is 18.0. The lowest BCUT2D eigenvalue weighted by atomic mass is 10.1. The van der Waals surface area contributed by atoms with Crippen LogP contribution in [0.2, 0.25) is 0 Å². The number of anilines is 1. The van der Waals surface area contributed by atoms with Crippen molar-refractivity contribution in [1.82, 2.24) is 9.88 Å². The van der Waals surface area contributed by atoms with Crippen LogP contribution in [-0.4, -0.2) is 54.5 Å². The number of rotatable bonds is 5. The number of sulfonamides is 1. The van der Waals surface area contributed by atoms with Gasteiger partial charge >= 0.3 is 5.69 Å². The van der Waals surface area contributed by atoms with Gasteiger partial charge < -0.3 is 10.2 Å². The van der Waals surface area contributed by atoms with Gasteiger partial charge in [-0.25, -0.2) is 18.5 Å². The fourth-order valence-electron chi connectivity index (χ4n) is 2.69. The van der Waals surface area contributed by atoms with Crippen LogP contribution in [-0.2, 0) is 10.0 Å². The first kappa shape index (κ1) is 17.1. The molecule has 0 saturated carbocycles. The highest BCUT2D eigenvalue weighted by molar-refractivity contribution is 7.89. The predicted octanol–water partition coefficient (Wildman–Crippen LogP) is -0.0754. The quantitative estimate of drug-likeness (QED) is 0.561. The van der Waals surface area contributed by atoms with E-state index in [2.05, 4.69) is 10.3 Å². The number of nitro groups is 1. The number of aromatic nitrogens is 1. The van der Waals surface area contributed by atoms with Crippen LogP contribution in [0.4, 0.5) is 11.5 Å². The minimum Gasteiger partial charge on any atom is -0.367 e. The van der Waals surface area contributed by atoms with Gasteiger partial charge in [-0.1, -0.05) is 0 Å². The van der Waals surface area contributed by atoms with E-state index in [-0.39, 0.29) is 17.1 Å². The molecule has 1 atom stereocenters. The maximum Gasteiger partial charge on any atom is 0.324 e. The number of primary sulfonamides is 1. The number of pyridine rings is 1. The molecule has 10 nitrogen and oxygen atoms in total. The van der Waals surface area contributed by atoms with Crippen LogP contribution in [0.15, 0.2) is 12.3 Å². The van der Waals surface area contributed by atoms with Gasteiger partial charge in [-0.3, -0.25) is 14.9 Å². The Morgan fingerprint density at radius 3 is 2.87 bits per heavy atom. The number of hydrogen-bond donors (Lipinski definition) is 2. The summed E-state index contributed by atoms with van der Waals surface area (Å²) in [6.07, 6.45) is 2.39. The summed E-state index contributed by atoms with van der Waals surface area (Å²) in [6.45, 7) is 0.327. The summed E-state index contributed by atoms with van der Waals surface area (Å²) >= 11 is 0. The SMILES string of the molecule is CNc1nccc(C(=O)N2CCCC2CS(N)(=O)=O)c1[N+](=O)[O-]. The predicted molar refractivity (Wildman–Crippen MR) is 82.5 cm³/mol. The molecular weight excluding hydrogens is 326 g/mol. The molecule has 11 heteroatoms. The lowest BCUT2D eigenvalue weighted by Crippen LogP contribution is -2.41. The zero-order valence-corrected chi connectivity index (χ0v) is 13.2. The summed E-state index contributed by atoms with van der Waals surface area (Å²) in [4.78, 5) is 28.4. The van der Waals surface area contributed by atoms with Gasteiger partial charge in [-0.15, -0.1) is 0 Å². The highest BCUT2D eigenvalue weighted by Crippen LogP contribution is 2.29. The van der Waals surface area contributed by atoms with E-state index in [1.165, 1.54) is 24.2 Å². The molecule has 0 radical (unpaired) electrons. The van der Waals surface area contributed by atoms with Crippen molar-refractivity contribution in [3.05, 3.63) is 27.9 Å².